The van der Waals surface area contributed by atoms with Gasteiger partial charge in [-0.1, -0.05) is 38.1 Å². The van der Waals surface area contributed by atoms with Crippen molar-refractivity contribution in [3.8, 4) is 0 Å². The highest BCUT2D eigenvalue weighted by Gasteiger charge is 2.06. The number of rotatable bonds is 6. The van der Waals surface area contributed by atoms with Crippen LogP contribution in [-0.2, 0) is 13.0 Å². The van der Waals surface area contributed by atoms with E-state index in [1.807, 2.05) is 50.5 Å². The van der Waals surface area contributed by atoms with Crippen LogP contribution in [0.4, 0.5) is 5.69 Å². The van der Waals surface area contributed by atoms with Crippen LogP contribution in [0.25, 0.3) is 0 Å². The van der Waals surface area contributed by atoms with Crippen LogP contribution in [0.15, 0.2) is 48.5 Å². The van der Waals surface area contributed by atoms with E-state index in [1.165, 1.54) is 5.56 Å². The van der Waals surface area contributed by atoms with Gasteiger partial charge in [0.2, 0.25) is 0 Å². The van der Waals surface area contributed by atoms with E-state index in [0.717, 1.165) is 17.7 Å². The Morgan fingerprint density at radius 3 is 2.04 bits per heavy atom. The minimum Gasteiger partial charge on any atom is -0.378 e. The Labute approximate surface area is 139 Å². The van der Waals surface area contributed by atoms with Crippen molar-refractivity contribution in [1.29, 1.82) is 0 Å². The fourth-order valence-electron chi connectivity index (χ4n) is 2.46. The number of anilines is 1. The molecule has 2 rings (SSSR count). The molecule has 0 aliphatic carbocycles. The highest BCUT2D eigenvalue weighted by Crippen LogP contribution is 2.13. The minimum absolute atomic E-state index is 0.0298. The molecule has 1 N–H and O–H groups in total. The molecule has 0 atom stereocenters. The fourth-order valence-corrected chi connectivity index (χ4v) is 2.46. The van der Waals surface area contributed by atoms with E-state index in [0.29, 0.717) is 18.0 Å². The molecule has 0 fully saturated rings. The summed E-state index contributed by atoms with van der Waals surface area (Å²) in [4.78, 5) is 14.3. The van der Waals surface area contributed by atoms with E-state index in [-0.39, 0.29) is 5.91 Å². The zero-order valence-electron chi connectivity index (χ0n) is 14.5. The van der Waals surface area contributed by atoms with E-state index >= 15 is 0 Å². The maximum atomic E-state index is 12.2. The van der Waals surface area contributed by atoms with Crippen molar-refractivity contribution in [3.05, 3.63) is 65.2 Å². The zero-order chi connectivity index (χ0) is 16.8. The molecule has 3 heteroatoms. The number of benzene rings is 2. The lowest BCUT2D eigenvalue weighted by molar-refractivity contribution is 0.0951. The van der Waals surface area contributed by atoms with Crippen molar-refractivity contribution in [1.82, 2.24) is 5.32 Å². The molecular formula is C20H26N2O. The van der Waals surface area contributed by atoms with E-state index in [2.05, 4.69) is 36.2 Å². The maximum absolute atomic E-state index is 12.2. The van der Waals surface area contributed by atoms with Gasteiger partial charge in [-0.2, -0.15) is 0 Å². The summed E-state index contributed by atoms with van der Waals surface area (Å²) in [5.74, 6) is 0.595. The first-order valence-corrected chi connectivity index (χ1v) is 8.09. The van der Waals surface area contributed by atoms with Crippen LogP contribution >= 0.6 is 0 Å². The third kappa shape index (κ3) is 5.13. The van der Waals surface area contributed by atoms with E-state index < -0.39 is 0 Å². The predicted molar refractivity (Wildman–Crippen MR) is 96.9 cm³/mol. The number of nitrogens with one attached hydrogen (secondary N) is 1. The molecule has 0 saturated heterocycles. The third-order valence-corrected chi connectivity index (χ3v) is 3.77. The van der Waals surface area contributed by atoms with Gasteiger partial charge in [-0.3, -0.25) is 4.79 Å². The van der Waals surface area contributed by atoms with Crippen molar-refractivity contribution in [2.24, 2.45) is 5.92 Å². The Morgan fingerprint density at radius 2 is 1.52 bits per heavy atom. The van der Waals surface area contributed by atoms with Gasteiger partial charge >= 0.3 is 0 Å². The number of amides is 1. The Morgan fingerprint density at radius 1 is 0.957 bits per heavy atom. The first-order chi connectivity index (χ1) is 11.0. The molecule has 0 aliphatic rings. The van der Waals surface area contributed by atoms with Crippen LogP contribution in [0, 0.1) is 5.92 Å². The SMILES string of the molecule is CC(C)Cc1ccc(C(=O)NCc2ccc(N(C)C)cc2)cc1. The van der Waals surface area contributed by atoms with Crippen molar-refractivity contribution in [2.75, 3.05) is 19.0 Å². The molecule has 122 valence electrons. The van der Waals surface area contributed by atoms with Gasteiger partial charge in [0.05, 0.1) is 0 Å². The Kier molecular flexibility index (Phi) is 5.80. The molecule has 0 unspecified atom stereocenters. The van der Waals surface area contributed by atoms with Crippen molar-refractivity contribution >= 4 is 11.6 Å². The van der Waals surface area contributed by atoms with Crippen molar-refractivity contribution < 1.29 is 4.79 Å². The topological polar surface area (TPSA) is 32.3 Å². The first kappa shape index (κ1) is 17.1. The number of hydrogen-bond donors (Lipinski definition) is 1. The number of nitrogens with zero attached hydrogens (tertiary/aromatic N) is 1. The zero-order valence-corrected chi connectivity index (χ0v) is 14.5. The monoisotopic (exact) mass is 310 g/mol. The lowest BCUT2D eigenvalue weighted by atomic mass is 10.0. The van der Waals surface area contributed by atoms with Gasteiger partial charge in [0, 0.05) is 31.9 Å². The summed E-state index contributed by atoms with van der Waals surface area (Å²) in [7, 11) is 4.03. The maximum Gasteiger partial charge on any atom is 0.251 e. The summed E-state index contributed by atoms with van der Waals surface area (Å²) in [6.07, 6.45) is 1.04. The largest absolute Gasteiger partial charge is 0.378 e. The minimum atomic E-state index is -0.0298. The van der Waals surface area contributed by atoms with Crippen molar-refractivity contribution in [2.45, 2.75) is 26.8 Å². The second kappa shape index (κ2) is 7.82. The predicted octanol–water partition coefficient (Wildman–Crippen LogP) is 3.88. The second-order valence-electron chi connectivity index (χ2n) is 6.54. The highest BCUT2D eigenvalue weighted by atomic mass is 16.1. The molecule has 0 spiro atoms. The highest BCUT2D eigenvalue weighted by molar-refractivity contribution is 5.94. The summed E-state index contributed by atoms with van der Waals surface area (Å²) < 4.78 is 0. The lowest BCUT2D eigenvalue weighted by Crippen LogP contribution is -2.22. The molecule has 1 amide bonds. The van der Waals surface area contributed by atoms with Crippen LogP contribution in [-0.4, -0.2) is 20.0 Å². The Bertz CT molecular complexity index is 628. The van der Waals surface area contributed by atoms with Crippen LogP contribution in [0.5, 0.6) is 0 Å². The summed E-state index contributed by atoms with van der Waals surface area (Å²) in [6.45, 7) is 4.94. The fraction of sp³-hybridized carbons (Fsp3) is 0.350. The molecular weight excluding hydrogens is 284 g/mol. The molecule has 0 saturated carbocycles. The van der Waals surface area contributed by atoms with Gasteiger partial charge in [0.25, 0.3) is 5.91 Å². The van der Waals surface area contributed by atoms with Crippen LogP contribution in [0.1, 0.15) is 35.3 Å². The molecule has 0 aromatic heterocycles. The second-order valence-corrected chi connectivity index (χ2v) is 6.54. The normalized spacial score (nSPS) is 10.7. The summed E-state index contributed by atoms with van der Waals surface area (Å²) >= 11 is 0. The summed E-state index contributed by atoms with van der Waals surface area (Å²) in [6, 6.07) is 16.1. The third-order valence-electron chi connectivity index (χ3n) is 3.77. The van der Waals surface area contributed by atoms with Gasteiger partial charge in [-0.25, -0.2) is 0 Å². The van der Waals surface area contributed by atoms with Gasteiger partial charge < -0.3 is 10.2 Å². The number of carbonyl (C=O) groups is 1. The Hall–Kier alpha value is -2.29. The van der Waals surface area contributed by atoms with E-state index in [4.69, 9.17) is 0 Å². The number of carbonyl (C=O) groups excluding carboxylic acids is 1. The molecule has 0 aliphatic heterocycles. The standard InChI is InChI=1S/C20H26N2O/c1-15(2)13-16-5-9-18(10-6-16)20(23)21-14-17-7-11-19(12-8-17)22(3)4/h5-12,15H,13-14H2,1-4H3,(H,21,23). The molecule has 0 bridgehead atoms. The summed E-state index contributed by atoms with van der Waals surface area (Å²) in [5, 5.41) is 2.97. The molecule has 2 aromatic carbocycles. The Balaban J connectivity index is 1.91. The smallest absolute Gasteiger partial charge is 0.251 e. The molecule has 2 aromatic rings. The number of hydrogen-bond acceptors (Lipinski definition) is 2. The van der Waals surface area contributed by atoms with Crippen LogP contribution in [0.3, 0.4) is 0 Å². The van der Waals surface area contributed by atoms with Gasteiger partial charge in [-0.15, -0.1) is 0 Å². The van der Waals surface area contributed by atoms with Crippen molar-refractivity contribution in [3.63, 3.8) is 0 Å². The molecule has 0 radical (unpaired) electrons. The molecule has 3 nitrogen and oxygen atoms in total. The first-order valence-electron chi connectivity index (χ1n) is 8.09. The van der Waals surface area contributed by atoms with E-state index in [9.17, 15) is 4.79 Å². The van der Waals surface area contributed by atoms with Gasteiger partial charge in [0.1, 0.15) is 0 Å². The average Bonchev–Trinajstić information content (AvgIpc) is 2.53. The lowest BCUT2D eigenvalue weighted by Gasteiger charge is -2.13. The van der Waals surface area contributed by atoms with E-state index in [1.54, 1.807) is 0 Å². The quantitative estimate of drug-likeness (QED) is 0.878. The van der Waals surface area contributed by atoms with Crippen LogP contribution in [0.2, 0.25) is 0 Å². The molecule has 0 heterocycles. The van der Waals surface area contributed by atoms with Gasteiger partial charge in [0.15, 0.2) is 0 Å². The summed E-state index contributed by atoms with van der Waals surface area (Å²) in [5.41, 5.74) is 4.24. The van der Waals surface area contributed by atoms with Crippen LogP contribution < -0.4 is 10.2 Å². The average molecular weight is 310 g/mol. The van der Waals surface area contributed by atoms with Gasteiger partial charge in [-0.05, 0) is 47.7 Å². The molecule has 23 heavy (non-hydrogen) atoms.